The number of hydrogen-bond donors (Lipinski definition) is 0. The molecule has 0 saturated heterocycles. The molecule has 0 unspecified atom stereocenters. The third-order valence-corrected chi connectivity index (χ3v) is 3.70. The van der Waals surface area contributed by atoms with Gasteiger partial charge in [0.05, 0.1) is 5.69 Å². The summed E-state index contributed by atoms with van der Waals surface area (Å²) in [7, 11) is 0. The van der Waals surface area contributed by atoms with Crippen LogP contribution in [0.2, 0.25) is 0 Å². The van der Waals surface area contributed by atoms with Gasteiger partial charge in [-0.15, -0.1) is 0 Å². The second-order valence-electron chi connectivity index (χ2n) is 4.98. The Hall–Kier alpha value is -1.81. The largest absolute Gasteiger partial charge is 0.297 e. The van der Waals surface area contributed by atoms with Gasteiger partial charge < -0.3 is 0 Å². The normalized spacial score (nSPS) is 15.8. The molecule has 0 bridgehead atoms. The number of aryl methyl sites for hydroxylation is 1. The molecule has 0 spiro atoms. The highest BCUT2D eigenvalue weighted by Crippen LogP contribution is 2.16. The Bertz CT molecular complexity index is 553. The van der Waals surface area contributed by atoms with Crippen LogP contribution in [0.5, 0.6) is 0 Å². The van der Waals surface area contributed by atoms with E-state index in [9.17, 15) is 0 Å². The van der Waals surface area contributed by atoms with Gasteiger partial charge in [-0.1, -0.05) is 6.07 Å². The molecule has 1 aliphatic heterocycles. The van der Waals surface area contributed by atoms with Crippen molar-refractivity contribution in [1.29, 1.82) is 0 Å². The molecule has 1 aliphatic rings. The lowest BCUT2D eigenvalue weighted by molar-refractivity contribution is 0.275. The molecule has 0 atom stereocenters. The number of fused-ring (bicyclic) bond motifs is 1. The first-order chi connectivity index (χ1) is 9.33. The Kier molecular flexibility index (Phi) is 3.51. The summed E-state index contributed by atoms with van der Waals surface area (Å²) in [6, 6.07) is 6.09. The average molecular weight is 254 g/mol. The third kappa shape index (κ3) is 2.79. The topological polar surface area (TPSA) is 41.9 Å². The van der Waals surface area contributed by atoms with Crippen LogP contribution in [0.15, 0.2) is 30.7 Å². The highest BCUT2D eigenvalue weighted by atomic mass is 15.1. The van der Waals surface area contributed by atoms with Crippen molar-refractivity contribution >= 4 is 0 Å². The van der Waals surface area contributed by atoms with Crippen LogP contribution >= 0.6 is 0 Å². The van der Waals surface area contributed by atoms with Crippen molar-refractivity contribution in [2.24, 2.45) is 0 Å². The van der Waals surface area contributed by atoms with Gasteiger partial charge >= 0.3 is 0 Å². The predicted octanol–water partition coefficient (Wildman–Crippen LogP) is 1.78. The fourth-order valence-electron chi connectivity index (χ4n) is 2.62. The second kappa shape index (κ2) is 5.45. The zero-order chi connectivity index (χ0) is 13.1. The summed E-state index contributed by atoms with van der Waals surface area (Å²) in [6.07, 6.45) is 5.58. The van der Waals surface area contributed by atoms with Crippen molar-refractivity contribution < 1.29 is 0 Å². The molecular formula is C15H18N4. The van der Waals surface area contributed by atoms with E-state index in [1.807, 2.05) is 18.3 Å². The Balaban J connectivity index is 1.72. The molecule has 0 saturated carbocycles. The van der Waals surface area contributed by atoms with Crippen LogP contribution in [0.3, 0.4) is 0 Å². The van der Waals surface area contributed by atoms with Crippen molar-refractivity contribution in [3.63, 3.8) is 0 Å². The van der Waals surface area contributed by atoms with Gasteiger partial charge in [-0.3, -0.25) is 9.88 Å². The first-order valence-corrected chi connectivity index (χ1v) is 6.74. The summed E-state index contributed by atoms with van der Waals surface area (Å²) in [4.78, 5) is 15.6. The van der Waals surface area contributed by atoms with E-state index in [2.05, 4.69) is 32.8 Å². The molecule has 3 heterocycles. The SMILES string of the molecule is Cc1ncnc2c1CCN(Cc1ccccn1)CC2. The molecule has 0 amide bonds. The molecule has 0 aliphatic carbocycles. The zero-order valence-electron chi connectivity index (χ0n) is 11.2. The van der Waals surface area contributed by atoms with Crippen LogP contribution in [0.4, 0.5) is 0 Å². The number of nitrogens with zero attached hydrogens (tertiary/aromatic N) is 4. The van der Waals surface area contributed by atoms with Crippen molar-refractivity contribution in [3.8, 4) is 0 Å². The Morgan fingerprint density at radius 3 is 2.84 bits per heavy atom. The van der Waals surface area contributed by atoms with E-state index >= 15 is 0 Å². The van der Waals surface area contributed by atoms with Crippen LogP contribution in [-0.4, -0.2) is 32.9 Å². The van der Waals surface area contributed by atoms with E-state index in [0.717, 1.165) is 43.9 Å². The molecule has 4 nitrogen and oxygen atoms in total. The molecule has 98 valence electrons. The minimum absolute atomic E-state index is 0.918. The van der Waals surface area contributed by atoms with Gasteiger partial charge in [-0.2, -0.15) is 0 Å². The van der Waals surface area contributed by atoms with E-state index in [4.69, 9.17) is 0 Å². The molecule has 3 rings (SSSR count). The van der Waals surface area contributed by atoms with E-state index in [1.165, 1.54) is 11.3 Å². The fourth-order valence-corrected chi connectivity index (χ4v) is 2.62. The number of rotatable bonds is 2. The maximum absolute atomic E-state index is 4.43. The molecule has 0 aromatic carbocycles. The van der Waals surface area contributed by atoms with Crippen molar-refractivity contribution in [2.75, 3.05) is 13.1 Å². The Morgan fingerprint density at radius 2 is 2.00 bits per heavy atom. The summed E-state index contributed by atoms with van der Waals surface area (Å²) in [5, 5.41) is 0. The lowest BCUT2D eigenvalue weighted by Gasteiger charge is -2.18. The zero-order valence-corrected chi connectivity index (χ0v) is 11.2. The molecular weight excluding hydrogens is 236 g/mol. The van der Waals surface area contributed by atoms with Crippen LogP contribution < -0.4 is 0 Å². The standard InChI is InChI=1S/C15H18N4/c1-12-14-5-8-19(9-6-15(14)18-11-17-12)10-13-4-2-3-7-16-13/h2-4,7,11H,5-6,8-10H2,1H3. The first kappa shape index (κ1) is 12.2. The minimum Gasteiger partial charge on any atom is -0.297 e. The molecule has 2 aromatic heterocycles. The summed E-state index contributed by atoms with van der Waals surface area (Å²) in [5.41, 5.74) is 4.82. The lowest BCUT2D eigenvalue weighted by Crippen LogP contribution is -2.26. The number of pyridine rings is 1. The fraction of sp³-hybridized carbons (Fsp3) is 0.400. The number of hydrogen-bond acceptors (Lipinski definition) is 4. The maximum Gasteiger partial charge on any atom is 0.115 e. The lowest BCUT2D eigenvalue weighted by atomic mass is 10.1. The van der Waals surface area contributed by atoms with Gasteiger partial charge in [0.25, 0.3) is 0 Å². The molecule has 0 N–H and O–H groups in total. The highest BCUT2D eigenvalue weighted by Gasteiger charge is 2.17. The number of aromatic nitrogens is 3. The summed E-state index contributed by atoms with van der Waals surface area (Å²) < 4.78 is 0. The van der Waals surface area contributed by atoms with Crippen molar-refractivity contribution in [3.05, 3.63) is 53.4 Å². The van der Waals surface area contributed by atoms with Crippen LogP contribution in [0, 0.1) is 6.92 Å². The quantitative estimate of drug-likeness (QED) is 0.819. The molecule has 19 heavy (non-hydrogen) atoms. The van der Waals surface area contributed by atoms with Gasteiger partial charge in [0.2, 0.25) is 0 Å². The van der Waals surface area contributed by atoms with Gasteiger partial charge in [-0.25, -0.2) is 9.97 Å². The minimum atomic E-state index is 0.918. The molecule has 0 fully saturated rings. The smallest absolute Gasteiger partial charge is 0.115 e. The maximum atomic E-state index is 4.43. The monoisotopic (exact) mass is 254 g/mol. The van der Waals surface area contributed by atoms with Gasteiger partial charge in [0, 0.05) is 43.6 Å². The van der Waals surface area contributed by atoms with E-state index in [0.29, 0.717) is 0 Å². The van der Waals surface area contributed by atoms with E-state index in [-0.39, 0.29) is 0 Å². The molecule has 2 aromatic rings. The van der Waals surface area contributed by atoms with Crippen molar-refractivity contribution in [2.45, 2.75) is 26.3 Å². The predicted molar refractivity (Wildman–Crippen MR) is 73.7 cm³/mol. The second-order valence-corrected chi connectivity index (χ2v) is 4.98. The Labute approximate surface area is 113 Å². The molecule has 4 heteroatoms. The van der Waals surface area contributed by atoms with E-state index < -0.39 is 0 Å². The van der Waals surface area contributed by atoms with Crippen LogP contribution in [-0.2, 0) is 19.4 Å². The van der Waals surface area contributed by atoms with Gasteiger partial charge in [-0.05, 0) is 31.0 Å². The summed E-state index contributed by atoms with van der Waals surface area (Å²) >= 11 is 0. The third-order valence-electron chi connectivity index (χ3n) is 3.70. The summed E-state index contributed by atoms with van der Waals surface area (Å²) in [6.45, 7) is 5.09. The highest BCUT2D eigenvalue weighted by molar-refractivity contribution is 5.25. The molecule has 0 radical (unpaired) electrons. The van der Waals surface area contributed by atoms with E-state index in [1.54, 1.807) is 6.33 Å². The average Bonchev–Trinajstić information content (AvgIpc) is 2.64. The van der Waals surface area contributed by atoms with Crippen molar-refractivity contribution in [1.82, 2.24) is 19.9 Å². The Morgan fingerprint density at radius 1 is 1.11 bits per heavy atom. The van der Waals surface area contributed by atoms with Gasteiger partial charge in [0.15, 0.2) is 0 Å². The first-order valence-electron chi connectivity index (χ1n) is 6.74. The summed E-state index contributed by atoms with van der Waals surface area (Å²) in [5.74, 6) is 0. The van der Waals surface area contributed by atoms with Gasteiger partial charge in [0.1, 0.15) is 6.33 Å². The van der Waals surface area contributed by atoms with Crippen LogP contribution in [0.25, 0.3) is 0 Å². The van der Waals surface area contributed by atoms with Crippen LogP contribution in [0.1, 0.15) is 22.6 Å².